The van der Waals surface area contributed by atoms with Crippen LogP contribution < -0.4 is 9.47 Å². The van der Waals surface area contributed by atoms with Gasteiger partial charge in [0.15, 0.2) is 11.5 Å². The van der Waals surface area contributed by atoms with Crippen LogP contribution in [-0.4, -0.2) is 83.9 Å². The van der Waals surface area contributed by atoms with Gasteiger partial charge in [0.1, 0.15) is 19.8 Å². The number of aliphatic hydroxyl groups is 1. The molecule has 4 heterocycles. The van der Waals surface area contributed by atoms with Crippen LogP contribution in [-0.2, 0) is 9.53 Å². The Labute approximate surface area is 169 Å². The van der Waals surface area contributed by atoms with Gasteiger partial charge in [-0.05, 0) is 43.9 Å². The Morgan fingerprint density at radius 1 is 1.07 bits per heavy atom. The predicted octanol–water partition coefficient (Wildman–Crippen LogP) is 0.815. The van der Waals surface area contributed by atoms with E-state index >= 15 is 0 Å². The fraction of sp³-hybridized carbons (Fsp3) is 0.619. The quantitative estimate of drug-likeness (QED) is 0.788. The molecule has 1 N–H and O–H groups in total. The molecule has 8 heteroatoms. The van der Waals surface area contributed by atoms with Crippen molar-refractivity contribution >= 4 is 11.8 Å². The minimum Gasteiger partial charge on any atom is -0.486 e. The van der Waals surface area contributed by atoms with Gasteiger partial charge in [0.2, 0.25) is 5.91 Å². The maximum Gasteiger partial charge on any atom is 0.254 e. The third kappa shape index (κ3) is 3.24. The van der Waals surface area contributed by atoms with Crippen LogP contribution in [0.15, 0.2) is 18.2 Å². The number of benzene rings is 1. The second-order valence-corrected chi connectivity index (χ2v) is 8.37. The second-order valence-electron chi connectivity index (χ2n) is 8.37. The first-order valence-corrected chi connectivity index (χ1v) is 10.3. The molecule has 3 atom stereocenters. The smallest absolute Gasteiger partial charge is 0.254 e. The highest BCUT2D eigenvalue weighted by molar-refractivity contribution is 5.95. The summed E-state index contributed by atoms with van der Waals surface area (Å²) in [5, 5.41) is 9.28. The minimum absolute atomic E-state index is 0.0362. The molecule has 4 aliphatic rings. The summed E-state index contributed by atoms with van der Waals surface area (Å²) < 4.78 is 17.4. The van der Waals surface area contributed by atoms with E-state index in [-0.39, 0.29) is 23.9 Å². The third-order valence-electron chi connectivity index (χ3n) is 6.58. The number of carbonyl (C=O) groups excluding carboxylic acids is 2. The van der Waals surface area contributed by atoms with E-state index < -0.39 is 12.2 Å². The zero-order chi connectivity index (χ0) is 20.0. The lowest BCUT2D eigenvalue weighted by Crippen LogP contribution is -2.61. The van der Waals surface area contributed by atoms with Gasteiger partial charge in [-0.2, -0.15) is 0 Å². The van der Waals surface area contributed by atoms with Gasteiger partial charge in [0.25, 0.3) is 5.91 Å². The van der Waals surface area contributed by atoms with Crippen molar-refractivity contribution in [2.45, 2.75) is 43.4 Å². The standard InChI is InChI=1S/C21H26N2O6/c24-12-19(25)23-15-2-3-16(23)11-21(10-15)13-22(5-6-29-21)20(26)14-1-4-17-18(9-14)28-8-7-27-17/h1,4,9,15-16,24H,2-3,5-8,10-13H2/t15-,16+,21?. The van der Waals surface area contributed by atoms with Crippen LogP contribution in [0.4, 0.5) is 0 Å². The number of hydrogen-bond donors (Lipinski definition) is 1. The van der Waals surface area contributed by atoms with Gasteiger partial charge in [0.05, 0.1) is 18.8 Å². The molecule has 1 aromatic rings. The van der Waals surface area contributed by atoms with Gasteiger partial charge in [-0.15, -0.1) is 0 Å². The van der Waals surface area contributed by atoms with Gasteiger partial charge in [-0.3, -0.25) is 9.59 Å². The summed E-state index contributed by atoms with van der Waals surface area (Å²) in [5.41, 5.74) is 0.168. The number of morpholine rings is 1. The van der Waals surface area contributed by atoms with E-state index in [4.69, 9.17) is 14.2 Å². The zero-order valence-electron chi connectivity index (χ0n) is 16.3. The maximum atomic E-state index is 13.2. The number of ether oxygens (including phenoxy) is 3. The van der Waals surface area contributed by atoms with Crippen molar-refractivity contribution in [1.29, 1.82) is 0 Å². The summed E-state index contributed by atoms with van der Waals surface area (Å²) in [6.07, 6.45) is 3.27. The number of nitrogens with zero attached hydrogens (tertiary/aromatic N) is 2. The monoisotopic (exact) mass is 402 g/mol. The number of piperidine rings is 1. The average Bonchev–Trinajstić information content (AvgIpc) is 3.04. The highest BCUT2D eigenvalue weighted by Crippen LogP contribution is 2.44. The van der Waals surface area contributed by atoms with Crippen LogP contribution in [0.1, 0.15) is 36.0 Å². The van der Waals surface area contributed by atoms with E-state index in [1.807, 2.05) is 9.80 Å². The summed E-state index contributed by atoms with van der Waals surface area (Å²) in [4.78, 5) is 29.0. The van der Waals surface area contributed by atoms with Gasteiger partial charge in [-0.25, -0.2) is 0 Å². The first-order valence-electron chi connectivity index (χ1n) is 10.3. The molecular formula is C21H26N2O6. The Kier molecular flexibility index (Phi) is 4.63. The summed E-state index contributed by atoms with van der Waals surface area (Å²) >= 11 is 0. The summed E-state index contributed by atoms with van der Waals surface area (Å²) in [7, 11) is 0. The molecule has 0 aliphatic carbocycles. The van der Waals surface area contributed by atoms with Crippen LogP contribution in [0.25, 0.3) is 0 Å². The molecule has 2 amide bonds. The summed E-state index contributed by atoms with van der Waals surface area (Å²) in [5.74, 6) is 1.04. The molecule has 0 radical (unpaired) electrons. The Balaban J connectivity index is 1.32. The van der Waals surface area contributed by atoms with Crippen molar-refractivity contribution < 1.29 is 28.9 Å². The van der Waals surface area contributed by atoms with Crippen LogP contribution in [0, 0.1) is 0 Å². The first-order chi connectivity index (χ1) is 14.1. The molecule has 8 nitrogen and oxygen atoms in total. The van der Waals surface area contributed by atoms with Crippen molar-refractivity contribution in [2.75, 3.05) is 39.5 Å². The van der Waals surface area contributed by atoms with E-state index in [0.29, 0.717) is 62.8 Å². The molecule has 1 spiro atoms. The normalized spacial score (nSPS) is 30.5. The van der Waals surface area contributed by atoms with Gasteiger partial charge in [-0.1, -0.05) is 0 Å². The molecule has 29 heavy (non-hydrogen) atoms. The van der Waals surface area contributed by atoms with Crippen molar-refractivity contribution in [1.82, 2.24) is 9.80 Å². The van der Waals surface area contributed by atoms with Crippen LogP contribution >= 0.6 is 0 Å². The average molecular weight is 402 g/mol. The lowest BCUT2D eigenvalue weighted by Gasteiger charge is -2.50. The molecule has 0 aromatic heterocycles. The molecule has 0 saturated carbocycles. The van der Waals surface area contributed by atoms with Crippen molar-refractivity contribution in [2.24, 2.45) is 0 Å². The number of hydrogen-bond acceptors (Lipinski definition) is 6. The third-order valence-corrected chi connectivity index (χ3v) is 6.58. The predicted molar refractivity (Wildman–Crippen MR) is 102 cm³/mol. The fourth-order valence-corrected chi connectivity index (χ4v) is 5.42. The van der Waals surface area contributed by atoms with Crippen LogP contribution in [0.2, 0.25) is 0 Å². The largest absolute Gasteiger partial charge is 0.486 e. The SMILES string of the molecule is O=C(c1ccc2c(c1)OCCO2)N1CCOC2(C[C@H]3CC[C@@H](C2)N3C(=O)CO)C1. The highest BCUT2D eigenvalue weighted by atomic mass is 16.6. The number of rotatable bonds is 2. The number of aliphatic hydroxyl groups excluding tert-OH is 1. The Morgan fingerprint density at radius 3 is 2.52 bits per heavy atom. The molecule has 1 unspecified atom stereocenters. The Morgan fingerprint density at radius 2 is 1.79 bits per heavy atom. The Hall–Kier alpha value is -2.32. The zero-order valence-corrected chi connectivity index (χ0v) is 16.3. The lowest BCUT2D eigenvalue weighted by atomic mass is 9.84. The van der Waals surface area contributed by atoms with Gasteiger partial charge < -0.3 is 29.1 Å². The van der Waals surface area contributed by atoms with Crippen LogP contribution in [0.3, 0.4) is 0 Å². The molecule has 5 rings (SSSR count). The molecule has 156 valence electrons. The highest BCUT2D eigenvalue weighted by Gasteiger charge is 2.52. The fourth-order valence-electron chi connectivity index (χ4n) is 5.42. The molecule has 3 saturated heterocycles. The van der Waals surface area contributed by atoms with Crippen molar-refractivity contribution in [3.8, 4) is 11.5 Å². The minimum atomic E-state index is -0.449. The molecule has 4 aliphatic heterocycles. The summed E-state index contributed by atoms with van der Waals surface area (Å²) in [6, 6.07) is 5.49. The topological polar surface area (TPSA) is 88.5 Å². The molecule has 3 fully saturated rings. The number of fused-ring (bicyclic) bond motifs is 3. The van der Waals surface area contributed by atoms with E-state index in [1.54, 1.807) is 18.2 Å². The Bertz CT molecular complexity index is 813. The second kappa shape index (κ2) is 7.18. The van der Waals surface area contributed by atoms with E-state index in [0.717, 1.165) is 12.8 Å². The molecule has 1 aromatic carbocycles. The summed E-state index contributed by atoms with van der Waals surface area (Å²) in [6.45, 7) is 2.11. The van der Waals surface area contributed by atoms with E-state index in [2.05, 4.69) is 0 Å². The number of carbonyl (C=O) groups is 2. The first kappa shape index (κ1) is 18.7. The van der Waals surface area contributed by atoms with Crippen LogP contribution in [0.5, 0.6) is 11.5 Å². The van der Waals surface area contributed by atoms with Gasteiger partial charge >= 0.3 is 0 Å². The van der Waals surface area contributed by atoms with Gasteiger partial charge in [0, 0.05) is 24.2 Å². The number of amides is 2. The van der Waals surface area contributed by atoms with Crippen molar-refractivity contribution in [3.63, 3.8) is 0 Å². The maximum absolute atomic E-state index is 13.2. The van der Waals surface area contributed by atoms with E-state index in [1.165, 1.54) is 0 Å². The van der Waals surface area contributed by atoms with Crippen molar-refractivity contribution in [3.05, 3.63) is 23.8 Å². The molecular weight excluding hydrogens is 376 g/mol. The van der Waals surface area contributed by atoms with E-state index in [9.17, 15) is 14.7 Å². The molecule has 2 bridgehead atoms. The lowest BCUT2D eigenvalue weighted by molar-refractivity contribution is -0.160.